The summed E-state index contributed by atoms with van der Waals surface area (Å²) >= 11 is 0. The number of non-ortho nitro benzene ring substituents is 1. The van der Waals surface area contributed by atoms with Gasteiger partial charge in [0.1, 0.15) is 11.6 Å². The molecule has 0 amide bonds. The molecule has 136 valence electrons. The Morgan fingerprint density at radius 3 is 2.92 bits per heavy atom. The zero-order valence-electron chi connectivity index (χ0n) is 14.9. The smallest absolute Gasteiger partial charge is 0.269 e. The van der Waals surface area contributed by atoms with Crippen LogP contribution in [0.5, 0.6) is 0 Å². The Morgan fingerprint density at radius 1 is 1.31 bits per heavy atom. The molecule has 2 heterocycles. The number of nitro benzene ring substituents is 1. The van der Waals surface area contributed by atoms with E-state index in [0.29, 0.717) is 12.0 Å². The van der Waals surface area contributed by atoms with Crippen molar-refractivity contribution in [1.82, 2.24) is 14.9 Å². The van der Waals surface area contributed by atoms with Gasteiger partial charge < -0.3 is 4.90 Å². The topological polar surface area (TPSA) is 75.4 Å². The first-order valence-electron chi connectivity index (χ1n) is 9.11. The molecule has 0 spiro atoms. The number of nitro groups is 1. The quantitative estimate of drug-likeness (QED) is 0.587. The van der Waals surface area contributed by atoms with Gasteiger partial charge >= 0.3 is 0 Å². The van der Waals surface area contributed by atoms with Gasteiger partial charge in [0.25, 0.3) is 5.69 Å². The number of benzene rings is 1. The van der Waals surface area contributed by atoms with Crippen LogP contribution in [0.2, 0.25) is 0 Å². The molecule has 1 aromatic heterocycles. The van der Waals surface area contributed by atoms with Gasteiger partial charge in [-0.1, -0.05) is 12.1 Å². The summed E-state index contributed by atoms with van der Waals surface area (Å²) < 4.78 is 0. The summed E-state index contributed by atoms with van der Waals surface area (Å²) in [7, 11) is 2.10. The standard InChI is InChI=1S/C19H23N5O2/c1-22(18-7-9-20-19(21-18)15-5-6-15)17-8-10-23(13-17)12-14-3-2-4-16(11-14)24(25)26/h2-4,7,9,11,15,17H,5-6,8,10,12-13H2,1H3. The number of likely N-dealkylation sites (N-methyl/N-ethyl adjacent to an activating group) is 1. The van der Waals surface area contributed by atoms with E-state index in [9.17, 15) is 10.1 Å². The Hall–Kier alpha value is -2.54. The predicted molar refractivity (Wildman–Crippen MR) is 99.2 cm³/mol. The third-order valence-electron chi connectivity index (χ3n) is 5.29. The van der Waals surface area contributed by atoms with Crippen LogP contribution >= 0.6 is 0 Å². The molecule has 2 fully saturated rings. The van der Waals surface area contributed by atoms with Gasteiger partial charge in [0.05, 0.1) is 4.92 Å². The summed E-state index contributed by atoms with van der Waals surface area (Å²) in [5, 5.41) is 10.9. The van der Waals surface area contributed by atoms with E-state index in [1.807, 2.05) is 18.3 Å². The Labute approximate surface area is 152 Å². The van der Waals surface area contributed by atoms with E-state index < -0.39 is 0 Å². The lowest BCUT2D eigenvalue weighted by molar-refractivity contribution is -0.384. The molecule has 1 saturated heterocycles. The Morgan fingerprint density at radius 2 is 2.15 bits per heavy atom. The van der Waals surface area contributed by atoms with Gasteiger partial charge in [0.15, 0.2) is 0 Å². The van der Waals surface area contributed by atoms with Crippen LogP contribution in [0, 0.1) is 10.1 Å². The summed E-state index contributed by atoms with van der Waals surface area (Å²) in [6.45, 7) is 2.66. The Balaban J connectivity index is 1.39. The van der Waals surface area contributed by atoms with Crippen LogP contribution in [-0.4, -0.2) is 46.0 Å². The lowest BCUT2D eigenvalue weighted by Crippen LogP contribution is -2.35. The lowest BCUT2D eigenvalue weighted by Gasteiger charge is -2.26. The van der Waals surface area contributed by atoms with Crippen molar-refractivity contribution >= 4 is 11.5 Å². The number of hydrogen-bond donors (Lipinski definition) is 0. The number of aromatic nitrogens is 2. The SMILES string of the molecule is CN(c1ccnc(C2CC2)n1)C1CCN(Cc2cccc([N+](=O)[O-])c2)C1. The van der Waals surface area contributed by atoms with E-state index in [4.69, 9.17) is 4.98 Å². The molecule has 1 aliphatic carbocycles. The minimum Gasteiger partial charge on any atom is -0.355 e. The van der Waals surface area contributed by atoms with Crippen molar-refractivity contribution in [2.75, 3.05) is 25.0 Å². The number of likely N-dealkylation sites (tertiary alicyclic amines) is 1. The van der Waals surface area contributed by atoms with Gasteiger partial charge in [-0.05, 0) is 30.9 Å². The zero-order valence-corrected chi connectivity index (χ0v) is 14.9. The van der Waals surface area contributed by atoms with E-state index in [1.54, 1.807) is 12.1 Å². The highest BCUT2D eigenvalue weighted by Gasteiger charge is 2.29. The molecule has 2 aliphatic rings. The molecule has 7 heteroatoms. The molecule has 7 nitrogen and oxygen atoms in total. The third kappa shape index (κ3) is 3.67. The lowest BCUT2D eigenvalue weighted by atomic mass is 10.2. The van der Waals surface area contributed by atoms with Crippen molar-refractivity contribution in [3.63, 3.8) is 0 Å². The molecule has 1 atom stereocenters. The molecular formula is C19H23N5O2. The maximum Gasteiger partial charge on any atom is 0.269 e. The number of hydrogen-bond acceptors (Lipinski definition) is 6. The summed E-state index contributed by atoms with van der Waals surface area (Å²) in [5.74, 6) is 2.52. The molecule has 26 heavy (non-hydrogen) atoms. The van der Waals surface area contributed by atoms with Gasteiger partial charge in [-0.15, -0.1) is 0 Å². The average Bonchev–Trinajstić information content (AvgIpc) is 3.41. The van der Waals surface area contributed by atoms with E-state index >= 15 is 0 Å². The number of nitrogens with zero attached hydrogens (tertiary/aromatic N) is 5. The highest BCUT2D eigenvalue weighted by atomic mass is 16.6. The highest BCUT2D eigenvalue weighted by molar-refractivity contribution is 5.39. The molecule has 1 unspecified atom stereocenters. The molecule has 0 radical (unpaired) electrons. The van der Waals surface area contributed by atoms with Gasteiger partial charge in [0, 0.05) is 57.0 Å². The summed E-state index contributed by atoms with van der Waals surface area (Å²) in [4.78, 5) is 24.3. The van der Waals surface area contributed by atoms with Gasteiger partial charge in [-0.25, -0.2) is 9.97 Å². The minimum absolute atomic E-state index is 0.156. The second-order valence-corrected chi connectivity index (χ2v) is 7.26. The van der Waals surface area contributed by atoms with E-state index in [0.717, 1.165) is 43.3 Å². The Bertz CT molecular complexity index is 808. The minimum atomic E-state index is -0.337. The van der Waals surface area contributed by atoms with Crippen LogP contribution in [0.15, 0.2) is 36.5 Å². The molecule has 1 saturated carbocycles. The summed E-state index contributed by atoms with van der Waals surface area (Å²) in [6, 6.07) is 9.30. The first-order valence-corrected chi connectivity index (χ1v) is 9.11. The molecule has 0 bridgehead atoms. The first-order chi connectivity index (χ1) is 12.6. The molecular weight excluding hydrogens is 330 g/mol. The first kappa shape index (κ1) is 16.9. The number of rotatable bonds is 6. The van der Waals surface area contributed by atoms with Crippen LogP contribution in [0.25, 0.3) is 0 Å². The summed E-state index contributed by atoms with van der Waals surface area (Å²) in [6.07, 6.45) is 5.33. The average molecular weight is 353 g/mol. The fourth-order valence-corrected chi connectivity index (χ4v) is 3.58. The fourth-order valence-electron chi connectivity index (χ4n) is 3.58. The van der Waals surface area contributed by atoms with Crippen LogP contribution < -0.4 is 4.90 Å². The molecule has 0 N–H and O–H groups in total. The zero-order chi connectivity index (χ0) is 18.1. The molecule has 1 aliphatic heterocycles. The van der Waals surface area contributed by atoms with Crippen molar-refractivity contribution in [2.45, 2.75) is 37.8 Å². The predicted octanol–water partition coefficient (Wildman–Crippen LogP) is 2.97. The van der Waals surface area contributed by atoms with Crippen LogP contribution in [0.1, 0.15) is 36.6 Å². The fraction of sp³-hybridized carbons (Fsp3) is 0.474. The highest BCUT2D eigenvalue weighted by Crippen LogP contribution is 2.38. The molecule has 2 aromatic rings. The Kier molecular flexibility index (Phi) is 4.55. The van der Waals surface area contributed by atoms with Crippen LogP contribution in [-0.2, 0) is 6.54 Å². The van der Waals surface area contributed by atoms with E-state index in [-0.39, 0.29) is 10.6 Å². The van der Waals surface area contributed by atoms with Crippen molar-refractivity contribution in [3.05, 3.63) is 58.0 Å². The number of anilines is 1. The van der Waals surface area contributed by atoms with Crippen LogP contribution in [0.3, 0.4) is 0 Å². The third-order valence-corrected chi connectivity index (χ3v) is 5.29. The molecule has 4 rings (SSSR count). The molecule has 1 aromatic carbocycles. The van der Waals surface area contributed by atoms with E-state index in [1.165, 1.54) is 18.9 Å². The second-order valence-electron chi connectivity index (χ2n) is 7.26. The van der Waals surface area contributed by atoms with Gasteiger partial charge in [-0.3, -0.25) is 15.0 Å². The second kappa shape index (κ2) is 6.99. The largest absolute Gasteiger partial charge is 0.355 e. The normalized spacial score (nSPS) is 20.3. The monoisotopic (exact) mass is 353 g/mol. The maximum atomic E-state index is 10.9. The van der Waals surface area contributed by atoms with Crippen LogP contribution in [0.4, 0.5) is 11.5 Å². The van der Waals surface area contributed by atoms with E-state index in [2.05, 4.69) is 21.8 Å². The van der Waals surface area contributed by atoms with Crippen molar-refractivity contribution < 1.29 is 4.92 Å². The van der Waals surface area contributed by atoms with Crippen molar-refractivity contribution in [3.8, 4) is 0 Å². The summed E-state index contributed by atoms with van der Waals surface area (Å²) in [5.41, 5.74) is 1.14. The van der Waals surface area contributed by atoms with Gasteiger partial charge in [-0.2, -0.15) is 0 Å². The van der Waals surface area contributed by atoms with Gasteiger partial charge in [0.2, 0.25) is 0 Å². The maximum absolute atomic E-state index is 10.9. The van der Waals surface area contributed by atoms with Crippen molar-refractivity contribution in [1.29, 1.82) is 0 Å². The van der Waals surface area contributed by atoms with Crippen molar-refractivity contribution in [2.24, 2.45) is 0 Å².